The molecule has 0 saturated carbocycles. The van der Waals surface area contributed by atoms with Gasteiger partial charge < -0.3 is 19.6 Å². The van der Waals surface area contributed by atoms with E-state index < -0.39 is 27.9 Å². The molecule has 33 heavy (non-hydrogen) atoms. The normalized spacial score (nSPS) is 19.0. The van der Waals surface area contributed by atoms with Crippen molar-refractivity contribution in [3.05, 3.63) is 53.8 Å². The molecule has 0 aliphatic carbocycles. The summed E-state index contributed by atoms with van der Waals surface area (Å²) in [5.74, 6) is -0.702. The van der Waals surface area contributed by atoms with Crippen LogP contribution in [0.1, 0.15) is 18.9 Å². The summed E-state index contributed by atoms with van der Waals surface area (Å²) in [7, 11) is -3.85. The summed E-state index contributed by atoms with van der Waals surface area (Å²) < 4.78 is 52.0. The minimum atomic E-state index is -3.85. The third-order valence-electron chi connectivity index (χ3n) is 5.22. The predicted octanol–water partition coefficient (Wildman–Crippen LogP) is 2.38. The maximum atomic E-state index is 13.5. The fourth-order valence-electron chi connectivity index (χ4n) is 3.57. The fourth-order valence-corrected chi connectivity index (χ4v) is 5.13. The molecular weight excluding hydrogens is 453 g/mol. The van der Waals surface area contributed by atoms with Crippen LogP contribution in [0.3, 0.4) is 0 Å². The summed E-state index contributed by atoms with van der Waals surface area (Å²) in [5.41, 5.74) is 1.26. The zero-order chi connectivity index (χ0) is 23.4. The van der Waals surface area contributed by atoms with Crippen molar-refractivity contribution in [1.82, 2.24) is 4.31 Å². The zero-order valence-electron chi connectivity index (χ0n) is 18.0. The molecule has 2 aromatic carbocycles. The number of carbonyl (C=O) groups is 1. The second-order valence-electron chi connectivity index (χ2n) is 7.45. The standard InChI is InChI=1S/C22H24FN3O6S/c1-2-31-19-7-6-17(13-21(19)33(28,29)26-8-10-30-11-9-26)24-22(27)20-14-18(25-32-20)15-4-3-5-16(23)12-15/h3-7,12-13,20H,2,8-11,14H2,1H3,(H,24,27). The number of halogens is 1. The van der Waals surface area contributed by atoms with Crippen LogP contribution in [-0.2, 0) is 24.4 Å². The maximum Gasteiger partial charge on any atom is 0.268 e. The molecule has 2 aliphatic rings. The second kappa shape index (κ2) is 9.86. The van der Waals surface area contributed by atoms with Gasteiger partial charge in [0.25, 0.3) is 5.91 Å². The average Bonchev–Trinajstić information content (AvgIpc) is 3.31. The second-order valence-corrected chi connectivity index (χ2v) is 9.35. The van der Waals surface area contributed by atoms with Crippen molar-refractivity contribution in [2.24, 2.45) is 5.16 Å². The lowest BCUT2D eigenvalue weighted by molar-refractivity contribution is -0.125. The summed E-state index contributed by atoms with van der Waals surface area (Å²) in [6.45, 7) is 3.14. The van der Waals surface area contributed by atoms with Gasteiger partial charge in [-0.2, -0.15) is 4.31 Å². The van der Waals surface area contributed by atoms with Gasteiger partial charge in [0.1, 0.15) is 16.5 Å². The summed E-state index contributed by atoms with van der Waals surface area (Å²) in [6, 6.07) is 10.3. The van der Waals surface area contributed by atoms with Gasteiger partial charge in [0.05, 0.1) is 25.5 Å². The van der Waals surface area contributed by atoms with Gasteiger partial charge in [-0.05, 0) is 37.3 Å². The fraction of sp³-hybridized carbons (Fsp3) is 0.364. The number of hydrogen-bond acceptors (Lipinski definition) is 7. The third kappa shape index (κ3) is 5.15. The van der Waals surface area contributed by atoms with Crippen LogP contribution in [0.5, 0.6) is 5.75 Å². The van der Waals surface area contributed by atoms with Gasteiger partial charge in [-0.3, -0.25) is 4.79 Å². The molecule has 0 spiro atoms. The van der Waals surface area contributed by atoms with Crippen molar-refractivity contribution in [3.8, 4) is 5.75 Å². The topological polar surface area (TPSA) is 107 Å². The Kier molecular flexibility index (Phi) is 6.91. The molecule has 4 rings (SSSR count). The lowest BCUT2D eigenvalue weighted by Crippen LogP contribution is -2.40. The number of sulfonamides is 1. The van der Waals surface area contributed by atoms with Gasteiger partial charge in [0.15, 0.2) is 0 Å². The summed E-state index contributed by atoms with van der Waals surface area (Å²) in [5, 5.41) is 6.58. The molecule has 0 aromatic heterocycles. The largest absolute Gasteiger partial charge is 0.492 e. The van der Waals surface area contributed by atoms with E-state index in [0.717, 1.165) is 0 Å². The molecule has 2 heterocycles. The highest BCUT2D eigenvalue weighted by Crippen LogP contribution is 2.31. The third-order valence-corrected chi connectivity index (χ3v) is 7.14. The Morgan fingerprint density at radius 3 is 2.76 bits per heavy atom. The Balaban J connectivity index is 1.50. The van der Waals surface area contributed by atoms with Gasteiger partial charge in [0.2, 0.25) is 16.1 Å². The van der Waals surface area contributed by atoms with E-state index in [1.165, 1.54) is 28.6 Å². The van der Waals surface area contributed by atoms with E-state index in [0.29, 0.717) is 24.5 Å². The van der Waals surface area contributed by atoms with E-state index in [-0.39, 0.29) is 42.4 Å². The lowest BCUT2D eigenvalue weighted by Gasteiger charge is -2.27. The Labute approximate surface area is 191 Å². The van der Waals surface area contributed by atoms with Crippen LogP contribution in [-0.4, -0.2) is 63.4 Å². The predicted molar refractivity (Wildman–Crippen MR) is 118 cm³/mol. The van der Waals surface area contributed by atoms with Crippen molar-refractivity contribution in [3.63, 3.8) is 0 Å². The number of amides is 1. The van der Waals surface area contributed by atoms with E-state index >= 15 is 0 Å². The van der Waals surface area contributed by atoms with Crippen LogP contribution in [0.4, 0.5) is 10.1 Å². The SMILES string of the molecule is CCOc1ccc(NC(=O)C2CC(c3cccc(F)c3)=NO2)cc1S(=O)(=O)N1CCOCC1. The van der Waals surface area contributed by atoms with Gasteiger partial charge in [-0.1, -0.05) is 17.3 Å². The summed E-state index contributed by atoms with van der Waals surface area (Å²) >= 11 is 0. The molecule has 1 amide bonds. The monoisotopic (exact) mass is 477 g/mol. The van der Waals surface area contributed by atoms with Crippen LogP contribution >= 0.6 is 0 Å². The highest BCUT2D eigenvalue weighted by atomic mass is 32.2. The molecule has 0 radical (unpaired) electrons. The highest BCUT2D eigenvalue weighted by Gasteiger charge is 2.32. The Bertz CT molecular complexity index is 1160. The van der Waals surface area contributed by atoms with Crippen LogP contribution in [0.15, 0.2) is 52.5 Å². The molecule has 1 N–H and O–H groups in total. The number of hydrogen-bond donors (Lipinski definition) is 1. The van der Waals surface area contributed by atoms with Gasteiger partial charge in [-0.15, -0.1) is 0 Å². The molecule has 176 valence electrons. The Morgan fingerprint density at radius 1 is 1.24 bits per heavy atom. The number of nitrogens with one attached hydrogen (secondary N) is 1. The quantitative estimate of drug-likeness (QED) is 0.656. The minimum Gasteiger partial charge on any atom is -0.492 e. The molecule has 9 nitrogen and oxygen atoms in total. The first kappa shape index (κ1) is 23.1. The van der Waals surface area contributed by atoms with Crippen molar-refractivity contribution in [2.45, 2.75) is 24.3 Å². The number of rotatable bonds is 7. The molecular formula is C22H24FN3O6S. The molecule has 2 aromatic rings. The average molecular weight is 478 g/mol. The number of benzene rings is 2. The van der Waals surface area contributed by atoms with E-state index in [4.69, 9.17) is 14.3 Å². The molecule has 1 unspecified atom stereocenters. The van der Waals surface area contributed by atoms with Crippen molar-refractivity contribution in [1.29, 1.82) is 0 Å². The minimum absolute atomic E-state index is 0.0342. The number of carbonyl (C=O) groups excluding carboxylic acids is 1. The molecule has 1 saturated heterocycles. The molecule has 1 atom stereocenters. The van der Waals surface area contributed by atoms with Crippen molar-refractivity contribution >= 4 is 27.3 Å². The van der Waals surface area contributed by atoms with Crippen LogP contribution in [0.2, 0.25) is 0 Å². The molecule has 2 aliphatic heterocycles. The van der Waals surface area contributed by atoms with Crippen molar-refractivity contribution in [2.75, 3.05) is 38.2 Å². The van der Waals surface area contributed by atoms with Crippen LogP contribution in [0.25, 0.3) is 0 Å². The van der Waals surface area contributed by atoms with E-state index in [9.17, 15) is 17.6 Å². The molecule has 1 fully saturated rings. The van der Waals surface area contributed by atoms with Gasteiger partial charge in [-0.25, -0.2) is 12.8 Å². The number of nitrogens with zero attached hydrogens (tertiary/aromatic N) is 2. The van der Waals surface area contributed by atoms with Crippen molar-refractivity contribution < 1.29 is 31.9 Å². The summed E-state index contributed by atoms with van der Waals surface area (Å²) in [4.78, 5) is 17.9. The summed E-state index contributed by atoms with van der Waals surface area (Å²) in [6.07, 6.45) is -0.764. The van der Waals surface area contributed by atoms with Gasteiger partial charge in [0, 0.05) is 30.8 Å². The first-order chi connectivity index (χ1) is 15.9. The highest BCUT2D eigenvalue weighted by molar-refractivity contribution is 7.89. The first-order valence-corrected chi connectivity index (χ1v) is 12.0. The van der Waals surface area contributed by atoms with E-state index in [1.54, 1.807) is 25.1 Å². The smallest absolute Gasteiger partial charge is 0.268 e. The first-order valence-electron chi connectivity index (χ1n) is 10.5. The lowest BCUT2D eigenvalue weighted by atomic mass is 10.0. The van der Waals surface area contributed by atoms with E-state index in [2.05, 4.69) is 10.5 Å². The number of oxime groups is 1. The molecule has 0 bridgehead atoms. The number of anilines is 1. The Hall–Kier alpha value is -3.02. The van der Waals surface area contributed by atoms with E-state index in [1.807, 2.05) is 0 Å². The molecule has 11 heteroatoms. The number of morpholine rings is 1. The Morgan fingerprint density at radius 2 is 2.03 bits per heavy atom. The zero-order valence-corrected chi connectivity index (χ0v) is 18.8. The van der Waals surface area contributed by atoms with Crippen LogP contribution in [0, 0.1) is 5.82 Å². The maximum absolute atomic E-state index is 13.5. The van der Waals surface area contributed by atoms with Crippen LogP contribution < -0.4 is 10.1 Å². The van der Waals surface area contributed by atoms with Gasteiger partial charge >= 0.3 is 0 Å². The number of ether oxygens (including phenoxy) is 2.